The minimum absolute atomic E-state index is 0.223. The number of carbonyl (C=O) groups is 1. The third-order valence-electron chi connectivity index (χ3n) is 2.97. The van der Waals surface area contributed by atoms with E-state index in [2.05, 4.69) is 0 Å². The van der Waals surface area contributed by atoms with Crippen LogP contribution in [-0.4, -0.2) is 16.0 Å². The fraction of sp³-hybridized carbons (Fsp3) is 0.133. The first-order chi connectivity index (χ1) is 9.88. The Hall–Kier alpha value is -2.89. The van der Waals surface area contributed by atoms with Crippen molar-refractivity contribution in [3.05, 3.63) is 63.2 Å². The summed E-state index contributed by atoms with van der Waals surface area (Å²) in [4.78, 5) is 21.2. The molecule has 1 N–H and O–H groups in total. The quantitative estimate of drug-likeness (QED) is 0.684. The van der Waals surface area contributed by atoms with E-state index in [1.165, 1.54) is 12.1 Å². The molecular formula is C15H13NO5. The lowest BCUT2D eigenvalue weighted by Crippen LogP contribution is -2.02. The zero-order valence-electron chi connectivity index (χ0n) is 11.5. The lowest BCUT2D eigenvalue weighted by molar-refractivity contribution is -0.385. The molecule has 0 radical (unpaired) electrons. The predicted molar refractivity (Wildman–Crippen MR) is 76.0 cm³/mol. The van der Waals surface area contributed by atoms with Crippen LogP contribution in [0.5, 0.6) is 11.5 Å². The Balaban J connectivity index is 2.41. The van der Waals surface area contributed by atoms with Gasteiger partial charge in [-0.25, -0.2) is 4.79 Å². The standard InChI is InChI=1S/C15H13NO5/c1-9-3-4-10(2)14(7-9)21-11-5-6-12(15(17)18)13(8-11)16(19)20/h3-8H,1-2H3,(H,17,18). The molecule has 0 aliphatic rings. The Morgan fingerprint density at radius 1 is 1.19 bits per heavy atom. The molecule has 0 aromatic heterocycles. The van der Waals surface area contributed by atoms with E-state index in [0.717, 1.165) is 17.2 Å². The molecule has 21 heavy (non-hydrogen) atoms. The van der Waals surface area contributed by atoms with Crippen molar-refractivity contribution >= 4 is 11.7 Å². The number of nitrogens with zero attached hydrogens (tertiary/aromatic N) is 1. The van der Waals surface area contributed by atoms with Crippen molar-refractivity contribution < 1.29 is 19.6 Å². The molecule has 6 nitrogen and oxygen atoms in total. The van der Waals surface area contributed by atoms with Crippen molar-refractivity contribution in [2.24, 2.45) is 0 Å². The van der Waals surface area contributed by atoms with E-state index >= 15 is 0 Å². The first-order valence-electron chi connectivity index (χ1n) is 6.15. The fourth-order valence-electron chi connectivity index (χ4n) is 1.85. The van der Waals surface area contributed by atoms with Gasteiger partial charge in [0, 0.05) is 0 Å². The van der Waals surface area contributed by atoms with Crippen LogP contribution in [-0.2, 0) is 0 Å². The average molecular weight is 287 g/mol. The van der Waals surface area contributed by atoms with Gasteiger partial charge in [0.15, 0.2) is 0 Å². The number of aromatic carboxylic acids is 1. The smallest absolute Gasteiger partial charge is 0.342 e. The maximum absolute atomic E-state index is 10.9. The first-order valence-corrected chi connectivity index (χ1v) is 6.15. The zero-order chi connectivity index (χ0) is 15.6. The van der Waals surface area contributed by atoms with Crippen molar-refractivity contribution in [1.82, 2.24) is 0 Å². The number of nitro benzene ring substituents is 1. The lowest BCUT2D eigenvalue weighted by Gasteiger charge is -2.10. The number of carboxylic acid groups (broad SMARTS) is 1. The predicted octanol–water partition coefficient (Wildman–Crippen LogP) is 3.70. The third kappa shape index (κ3) is 3.17. The van der Waals surface area contributed by atoms with E-state index in [4.69, 9.17) is 9.84 Å². The van der Waals surface area contributed by atoms with Gasteiger partial charge in [-0.3, -0.25) is 10.1 Å². The van der Waals surface area contributed by atoms with Crippen LogP contribution in [0.3, 0.4) is 0 Å². The lowest BCUT2D eigenvalue weighted by atomic mass is 10.1. The summed E-state index contributed by atoms with van der Waals surface area (Å²) in [5.74, 6) is -0.548. The highest BCUT2D eigenvalue weighted by molar-refractivity contribution is 5.92. The number of nitro groups is 1. The van der Waals surface area contributed by atoms with Crippen LogP contribution >= 0.6 is 0 Å². The second-order valence-corrected chi connectivity index (χ2v) is 4.61. The Morgan fingerprint density at radius 3 is 2.52 bits per heavy atom. The molecule has 0 aliphatic heterocycles. The van der Waals surface area contributed by atoms with Gasteiger partial charge in [0.2, 0.25) is 0 Å². The molecule has 0 amide bonds. The van der Waals surface area contributed by atoms with Crippen LogP contribution < -0.4 is 4.74 Å². The molecule has 6 heteroatoms. The summed E-state index contributed by atoms with van der Waals surface area (Å²) in [6.07, 6.45) is 0. The van der Waals surface area contributed by atoms with E-state index in [9.17, 15) is 14.9 Å². The number of rotatable bonds is 4. The SMILES string of the molecule is Cc1ccc(C)c(Oc2ccc(C(=O)O)c([N+](=O)[O-])c2)c1. The Bertz CT molecular complexity index is 724. The molecule has 0 saturated heterocycles. The molecular weight excluding hydrogens is 274 g/mol. The van der Waals surface area contributed by atoms with Gasteiger partial charge in [0.1, 0.15) is 17.1 Å². The average Bonchev–Trinajstić information content (AvgIpc) is 2.42. The van der Waals surface area contributed by atoms with E-state index < -0.39 is 16.6 Å². The Labute approximate surface area is 120 Å². The minimum atomic E-state index is -1.35. The highest BCUT2D eigenvalue weighted by Crippen LogP contribution is 2.30. The molecule has 0 atom stereocenters. The summed E-state index contributed by atoms with van der Waals surface area (Å²) in [6.45, 7) is 3.76. The number of hydrogen-bond donors (Lipinski definition) is 1. The van der Waals surface area contributed by atoms with Gasteiger partial charge in [-0.2, -0.15) is 0 Å². The maximum atomic E-state index is 10.9. The highest BCUT2D eigenvalue weighted by atomic mass is 16.6. The second kappa shape index (κ2) is 5.62. The molecule has 2 aromatic rings. The summed E-state index contributed by atoms with van der Waals surface area (Å²) in [7, 11) is 0. The van der Waals surface area contributed by atoms with E-state index in [1.54, 1.807) is 0 Å². The van der Waals surface area contributed by atoms with E-state index in [-0.39, 0.29) is 11.3 Å². The van der Waals surface area contributed by atoms with Crippen LogP contribution in [0.2, 0.25) is 0 Å². The number of aryl methyl sites for hydroxylation is 2. The van der Waals surface area contributed by atoms with Crippen LogP contribution in [0.4, 0.5) is 5.69 Å². The molecule has 0 unspecified atom stereocenters. The van der Waals surface area contributed by atoms with Crippen molar-refractivity contribution in [2.75, 3.05) is 0 Å². The molecule has 2 rings (SSSR count). The van der Waals surface area contributed by atoms with Crippen molar-refractivity contribution in [3.63, 3.8) is 0 Å². The third-order valence-corrected chi connectivity index (χ3v) is 2.97. The second-order valence-electron chi connectivity index (χ2n) is 4.61. The molecule has 0 fully saturated rings. The number of hydrogen-bond acceptors (Lipinski definition) is 4. The van der Waals surface area contributed by atoms with Gasteiger partial charge in [-0.05, 0) is 43.2 Å². The molecule has 108 valence electrons. The van der Waals surface area contributed by atoms with Gasteiger partial charge in [0.05, 0.1) is 11.0 Å². The van der Waals surface area contributed by atoms with Gasteiger partial charge >= 0.3 is 5.97 Å². The normalized spacial score (nSPS) is 10.2. The van der Waals surface area contributed by atoms with Crippen molar-refractivity contribution in [3.8, 4) is 11.5 Å². The molecule has 2 aromatic carbocycles. The summed E-state index contributed by atoms with van der Waals surface area (Å²) in [5, 5.41) is 19.9. The molecule has 0 saturated carbocycles. The summed E-state index contributed by atoms with van der Waals surface area (Å²) >= 11 is 0. The van der Waals surface area contributed by atoms with Crippen LogP contribution in [0, 0.1) is 24.0 Å². The number of carboxylic acids is 1. The number of benzene rings is 2. The van der Waals surface area contributed by atoms with Crippen molar-refractivity contribution in [2.45, 2.75) is 13.8 Å². The van der Waals surface area contributed by atoms with Gasteiger partial charge in [-0.1, -0.05) is 12.1 Å². The first kappa shape index (κ1) is 14.5. The van der Waals surface area contributed by atoms with Crippen LogP contribution in [0.25, 0.3) is 0 Å². The van der Waals surface area contributed by atoms with Gasteiger partial charge in [-0.15, -0.1) is 0 Å². The monoisotopic (exact) mass is 287 g/mol. The Morgan fingerprint density at radius 2 is 1.90 bits per heavy atom. The number of ether oxygens (including phenoxy) is 1. The summed E-state index contributed by atoms with van der Waals surface area (Å²) in [6, 6.07) is 9.31. The van der Waals surface area contributed by atoms with E-state index in [1.807, 2.05) is 32.0 Å². The van der Waals surface area contributed by atoms with E-state index in [0.29, 0.717) is 5.75 Å². The molecule has 0 spiro atoms. The molecule has 0 aliphatic carbocycles. The fourth-order valence-corrected chi connectivity index (χ4v) is 1.85. The van der Waals surface area contributed by atoms with Gasteiger partial charge < -0.3 is 9.84 Å². The molecule has 0 heterocycles. The molecule has 0 bridgehead atoms. The van der Waals surface area contributed by atoms with Crippen molar-refractivity contribution in [1.29, 1.82) is 0 Å². The Kier molecular flexibility index (Phi) is 3.89. The van der Waals surface area contributed by atoms with Crippen LogP contribution in [0.15, 0.2) is 36.4 Å². The zero-order valence-corrected chi connectivity index (χ0v) is 11.5. The maximum Gasteiger partial charge on any atom is 0.342 e. The topological polar surface area (TPSA) is 89.7 Å². The summed E-state index contributed by atoms with van der Waals surface area (Å²) < 4.78 is 5.62. The van der Waals surface area contributed by atoms with Gasteiger partial charge in [0.25, 0.3) is 5.69 Å². The van der Waals surface area contributed by atoms with Crippen LogP contribution in [0.1, 0.15) is 21.5 Å². The largest absolute Gasteiger partial charge is 0.477 e. The summed E-state index contributed by atoms with van der Waals surface area (Å²) in [5.41, 5.74) is 1.01. The minimum Gasteiger partial charge on any atom is -0.477 e. The highest BCUT2D eigenvalue weighted by Gasteiger charge is 2.20.